The molecule has 168 valence electrons. The van der Waals surface area contributed by atoms with Crippen LogP contribution in [0.4, 0.5) is 0 Å². The van der Waals surface area contributed by atoms with Gasteiger partial charge in [0, 0.05) is 24.8 Å². The summed E-state index contributed by atoms with van der Waals surface area (Å²) in [6.45, 7) is 7.40. The van der Waals surface area contributed by atoms with Gasteiger partial charge in [-0.3, -0.25) is 4.79 Å². The first-order valence-corrected chi connectivity index (χ1v) is 12.0. The fraction of sp³-hybridized carbons (Fsp3) is 0.640. The van der Waals surface area contributed by atoms with Gasteiger partial charge in [-0.25, -0.2) is 0 Å². The van der Waals surface area contributed by atoms with Crippen molar-refractivity contribution in [1.29, 1.82) is 0 Å². The molecule has 1 aromatic carbocycles. The van der Waals surface area contributed by atoms with Gasteiger partial charge in [-0.15, -0.1) is 0 Å². The van der Waals surface area contributed by atoms with Crippen molar-refractivity contribution in [2.24, 2.45) is 11.8 Å². The van der Waals surface area contributed by atoms with Crippen molar-refractivity contribution in [3.63, 3.8) is 0 Å². The van der Waals surface area contributed by atoms with Gasteiger partial charge < -0.3 is 14.7 Å². The SMILES string of the molecule is CC(C)Cc1noc(C2CCN(CC[C@H](NC(=O)C3CCC3)c3ccccc3)CC2)n1. The average molecular weight is 425 g/mol. The maximum absolute atomic E-state index is 12.6. The van der Waals surface area contributed by atoms with Crippen molar-refractivity contribution in [3.8, 4) is 0 Å². The highest BCUT2D eigenvalue weighted by Crippen LogP contribution is 2.30. The summed E-state index contributed by atoms with van der Waals surface area (Å²) >= 11 is 0. The molecule has 1 N–H and O–H groups in total. The lowest BCUT2D eigenvalue weighted by Crippen LogP contribution is -2.39. The van der Waals surface area contributed by atoms with Crippen LogP contribution in [-0.4, -0.2) is 40.6 Å². The minimum Gasteiger partial charge on any atom is -0.349 e. The topological polar surface area (TPSA) is 71.3 Å². The molecule has 1 atom stereocenters. The number of benzene rings is 1. The predicted octanol–water partition coefficient (Wildman–Crippen LogP) is 4.50. The lowest BCUT2D eigenvalue weighted by molar-refractivity contribution is -0.128. The van der Waals surface area contributed by atoms with Crippen LogP contribution in [0.3, 0.4) is 0 Å². The van der Waals surface area contributed by atoms with Crippen molar-refractivity contribution in [2.45, 2.75) is 70.8 Å². The van der Waals surface area contributed by atoms with Crippen LogP contribution in [0.15, 0.2) is 34.9 Å². The van der Waals surface area contributed by atoms with Crippen LogP contribution in [0.1, 0.15) is 81.6 Å². The third-order valence-electron chi connectivity index (χ3n) is 6.74. The van der Waals surface area contributed by atoms with Crippen molar-refractivity contribution in [3.05, 3.63) is 47.6 Å². The van der Waals surface area contributed by atoms with E-state index in [4.69, 9.17) is 4.52 Å². The van der Waals surface area contributed by atoms with Crippen molar-refractivity contribution < 1.29 is 9.32 Å². The molecule has 1 amide bonds. The van der Waals surface area contributed by atoms with Gasteiger partial charge in [0.05, 0.1) is 6.04 Å². The van der Waals surface area contributed by atoms with Gasteiger partial charge in [0.1, 0.15) is 0 Å². The number of nitrogens with zero attached hydrogens (tertiary/aromatic N) is 3. The molecular weight excluding hydrogens is 388 g/mol. The van der Waals surface area contributed by atoms with Crippen LogP contribution in [0.25, 0.3) is 0 Å². The summed E-state index contributed by atoms with van der Waals surface area (Å²) in [5, 5.41) is 7.49. The molecule has 2 aliphatic rings. The Bertz CT molecular complexity index is 823. The molecule has 0 unspecified atom stereocenters. The Labute approximate surface area is 185 Å². The molecular formula is C25H36N4O2. The monoisotopic (exact) mass is 424 g/mol. The molecule has 6 nitrogen and oxygen atoms in total. The van der Waals surface area contributed by atoms with E-state index < -0.39 is 0 Å². The van der Waals surface area contributed by atoms with E-state index in [-0.39, 0.29) is 17.9 Å². The number of hydrogen-bond donors (Lipinski definition) is 1. The number of piperidine rings is 1. The highest BCUT2D eigenvalue weighted by Gasteiger charge is 2.29. The summed E-state index contributed by atoms with van der Waals surface area (Å²) in [6.07, 6.45) is 7.16. The molecule has 4 rings (SSSR count). The van der Waals surface area contributed by atoms with Gasteiger partial charge in [0.2, 0.25) is 11.8 Å². The Morgan fingerprint density at radius 2 is 1.90 bits per heavy atom. The molecule has 2 aromatic rings. The number of carbonyl (C=O) groups is 1. The first-order valence-electron chi connectivity index (χ1n) is 12.0. The standard InChI is InChI=1S/C25H36N4O2/c1-18(2)17-23-27-25(31-28-23)21-11-14-29(15-12-21)16-13-22(19-7-4-3-5-8-19)26-24(30)20-9-6-10-20/h3-5,7-8,18,20-22H,6,9-17H2,1-2H3,(H,26,30)/t22-/m0/s1. The highest BCUT2D eigenvalue weighted by atomic mass is 16.5. The van der Waals surface area contributed by atoms with Gasteiger partial charge in [-0.05, 0) is 56.7 Å². The molecule has 1 saturated heterocycles. The van der Waals surface area contributed by atoms with Crippen molar-refractivity contribution in [1.82, 2.24) is 20.4 Å². The smallest absolute Gasteiger partial charge is 0.229 e. The number of rotatable bonds is 9. The molecule has 6 heteroatoms. The summed E-state index contributed by atoms with van der Waals surface area (Å²) in [5.74, 6) is 3.00. The molecule has 1 aliphatic carbocycles. The molecule has 0 bridgehead atoms. The van der Waals surface area contributed by atoms with E-state index in [0.717, 1.165) is 69.9 Å². The van der Waals surface area contributed by atoms with Crippen LogP contribution in [-0.2, 0) is 11.2 Å². The van der Waals surface area contributed by atoms with Gasteiger partial charge in [0.15, 0.2) is 5.82 Å². The summed E-state index contributed by atoms with van der Waals surface area (Å²) in [5.41, 5.74) is 1.20. The van der Waals surface area contributed by atoms with E-state index in [1.165, 1.54) is 12.0 Å². The van der Waals surface area contributed by atoms with E-state index in [2.05, 4.69) is 58.5 Å². The first kappa shape index (κ1) is 22.0. The van der Waals surface area contributed by atoms with Gasteiger partial charge in [-0.2, -0.15) is 4.98 Å². The Morgan fingerprint density at radius 1 is 1.16 bits per heavy atom. The highest BCUT2D eigenvalue weighted by molar-refractivity contribution is 5.79. The molecule has 31 heavy (non-hydrogen) atoms. The number of hydrogen-bond acceptors (Lipinski definition) is 5. The summed E-state index contributed by atoms with van der Waals surface area (Å²) < 4.78 is 5.55. The van der Waals surface area contributed by atoms with Gasteiger partial charge in [-0.1, -0.05) is 55.8 Å². The number of amides is 1. The number of aromatic nitrogens is 2. The van der Waals surface area contributed by atoms with E-state index in [1.54, 1.807) is 0 Å². The average Bonchev–Trinajstić information content (AvgIpc) is 3.18. The van der Waals surface area contributed by atoms with Crippen LogP contribution in [0, 0.1) is 11.8 Å². The van der Waals surface area contributed by atoms with E-state index >= 15 is 0 Å². The molecule has 0 spiro atoms. The molecule has 2 fully saturated rings. The summed E-state index contributed by atoms with van der Waals surface area (Å²) in [4.78, 5) is 19.7. The minimum atomic E-state index is 0.0848. The Hall–Kier alpha value is -2.21. The van der Waals surface area contributed by atoms with Crippen LogP contribution >= 0.6 is 0 Å². The third kappa shape index (κ3) is 5.94. The Morgan fingerprint density at radius 3 is 2.55 bits per heavy atom. The second kappa shape index (κ2) is 10.4. The van der Waals surface area contributed by atoms with Crippen molar-refractivity contribution in [2.75, 3.05) is 19.6 Å². The molecule has 1 saturated carbocycles. The second-order valence-corrected chi connectivity index (χ2v) is 9.65. The molecule has 2 heterocycles. The zero-order chi connectivity index (χ0) is 21.6. The zero-order valence-corrected chi connectivity index (χ0v) is 18.9. The van der Waals surface area contributed by atoms with Crippen LogP contribution < -0.4 is 5.32 Å². The van der Waals surface area contributed by atoms with E-state index in [0.29, 0.717) is 11.8 Å². The quantitative estimate of drug-likeness (QED) is 0.642. The lowest BCUT2D eigenvalue weighted by atomic mass is 9.84. The normalized spacial score (nSPS) is 19.3. The molecule has 0 radical (unpaired) electrons. The Kier molecular flexibility index (Phi) is 7.38. The summed E-state index contributed by atoms with van der Waals surface area (Å²) in [7, 11) is 0. The minimum absolute atomic E-state index is 0.0848. The maximum Gasteiger partial charge on any atom is 0.229 e. The zero-order valence-electron chi connectivity index (χ0n) is 18.9. The van der Waals surface area contributed by atoms with Crippen LogP contribution in [0.2, 0.25) is 0 Å². The largest absolute Gasteiger partial charge is 0.349 e. The molecule has 1 aliphatic heterocycles. The lowest BCUT2D eigenvalue weighted by Gasteiger charge is -2.32. The van der Waals surface area contributed by atoms with Crippen LogP contribution in [0.5, 0.6) is 0 Å². The fourth-order valence-corrected chi connectivity index (χ4v) is 4.56. The maximum atomic E-state index is 12.6. The fourth-order valence-electron chi connectivity index (χ4n) is 4.56. The third-order valence-corrected chi connectivity index (χ3v) is 6.74. The van der Waals surface area contributed by atoms with E-state index in [1.807, 2.05) is 6.07 Å². The Balaban J connectivity index is 1.28. The van der Waals surface area contributed by atoms with Crippen molar-refractivity contribution >= 4 is 5.91 Å². The van der Waals surface area contributed by atoms with Gasteiger partial charge in [0.25, 0.3) is 0 Å². The van der Waals surface area contributed by atoms with E-state index in [9.17, 15) is 4.79 Å². The van der Waals surface area contributed by atoms with Gasteiger partial charge >= 0.3 is 0 Å². The molecule has 1 aromatic heterocycles. The number of nitrogens with one attached hydrogen (secondary N) is 1. The first-order chi connectivity index (χ1) is 15.1. The number of carbonyl (C=O) groups excluding carboxylic acids is 1. The summed E-state index contributed by atoms with van der Waals surface area (Å²) in [6, 6.07) is 10.5. The predicted molar refractivity (Wildman–Crippen MR) is 121 cm³/mol. The number of likely N-dealkylation sites (tertiary alicyclic amines) is 1. The second-order valence-electron chi connectivity index (χ2n) is 9.65.